The van der Waals surface area contributed by atoms with Crippen LogP contribution in [0.3, 0.4) is 0 Å². The van der Waals surface area contributed by atoms with E-state index in [1.807, 2.05) is 30.3 Å². The monoisotopic (exact) mass is 582 g/mol. The van der Waals surface area contributed by atoms with E-state index in [0.29, 0.717) is 11.5 Å². The van der Waals surface area contributed by atoms with Crippen LogP contribution in [-0.4, -0.2) is 54.0 Å². The van der Waals surface area contributed by atoms with Crippen LogP contribution < -0.4 is 15.5 Å². The minimum absolute atomic E-state index is 0.0787. The number of carbonyl (C=O) groups is 1. The molecule has 1 saturated heterocycles. The van der Waals surface area contributed by atoms with Gasteiger partial charge in [0.15, 0.2) is 0 Å². The van der Waals surface area contributed by atoms with Crippen molar-refractivity contribution in [3.05, 3.63) is 108 Å². The minimum Gasteiger partial charge on any atom is -0.369 e. The second-order valence-electron chi connectivity index (χ2n) is 10.5. The van der Waals surface area contributed by atoms with Crippen LogP contribution >= 0.6 is 0 Å². The molecule has 0 saturated carbocycles. The highest BCUT2D eigenvalue weighted by Gasteiger charge is 2.30. The summed E-state index contributed by atoms with van der Waals surface area (Å²) >= 11 is 0. The van der Waals surface area contributed by atoms with Crippen molar-refractivity contribution in [3.8, 4) is 11.1 Å². The lowest BCUT2D eigenvalue weighted by atomic mass is 10.0. The molecule has 1 aliphatic heterocycles. The molecule has 1 aromatic heterocycles. The molecule has 0 spiro atoms. The first-order valence-corrected chi connectivity index (χ1v) is 13.9. The number of nitrogens with one attached hydrogen (secondary N) is 2. The van der Waals surface area contributed by atoms with Gasteiger partial charge in [0.05, 0.1) is 11.1 Å². The number of piperazine rings is 1. The van der Waals surface area contributed by atoms with Gasteiger partial charge in [-0.05, 0) is 84.9 Å². The molecule has 6 rings (SSSR count). The Balaban J connectivity index is 1.11. The molecular weight excluding hydrogens is 553 g/mol. The molecule has 5 aromatic rings. The third-order valence-corrected chi connectivity index (χ3v) is 7.50. The van der Waals surface area contributed by atoms with Gasteiger partial charge in [0.25, 0.3) is 5.91 Å². The first kappa shape index (κ1) is 28.2. The maximum atomic E-state index is 13.0. The van der Waals surface area contributed by atoms with E-state index in [9.17, 15) is 18.0 Å². The highest BCUT2D eigenvalue weighted by Crippen LogP contribution is 2.31. The van der Waals surface area contributed by atoms with Gasteiger partial charge < -0.3 is 20.4 Å². The molecule has 0 atom stereocenters. The number of anilines is 4. The van der Waals surface area contributed by atoms with Crippen molar-refractivity contribution < 1.29 is 18.0 Å². The molecule has 43 heavy (non-hydrogen) atoms. The van der Waals surface area contributed by atoms with Crippen LogP contribution in [0.15, 0.2) is 97.2 Å². The zero-order valence-electron chi connectivity index (χ0n) is 23.4. The molecule has 218 valence electrons. The molecule has 0 unspecified atom stereocenters. The normalized spacial score (nSPS) is 14.1. The number of hydrogen-bond donors (Lipinski definition) is 2. The Labute approximate surface area is 247 Å². The van der Waals surface area contributed by atoms with Crippen LogP contribution in [0.2, 0.25) is 0 Å². The molecule has 2 N–H and O–H groups in total. The van der Waals surface area contributed by atoms with Crippen LogP contribution in [-0.2, 0) is 6.18 Å². The zero-order chi connectivity index (χ0) is 30.0. The molecule has 0 aliphatic carbocycles. The van der Waals surface area contributed by atoms with Gasteiger partial charge in [0, 0.05) is 60.4 Å². The first-order chi connectivity index (χ1) is 20.7. The van der Waals surface area contributed by atoms with Gasteiger partial charge in [0.2, 0.25) is 5.95 Å². The molecule has 4 aromatic carbocycles. The Morgan fingerprint density at radius 3 is 2.26 bits per heavy atom. The number of carbonyl (C=O) groups excluding carboxylic acids is 1. The number of amides is 1. The quantitative estimate of drug-likeness (QED) is 0.223. The average molecular weight is 583 g/mol. The van der Waals surface area contributed by atoms with Gasteiger partial charge >= 0.3 is 6.18 Å². The van der Waals surface area contributed by atoms with E-state index in [4.69, 9.17) is 0 Å². The molecule has 2 heterocycles. The lowest BCUT2D eigenvalue weighted by Crippen LogP contribution is -2.44. The molecule has 1 fully saturated rings. The van der Waals surface area contributed by atoms with Gasteiger partial charge in [0.1, 0.15) is 0 Å². The maximum Gasteiger partial charge on any atom is 0.416 e. The summed E-state index contributed by atoms with van der Waals surface area (Å²) in [6.45, 7) is 4.15. The maximum absolute atomic E-state index is 13.0. The molecule has 0 radical (unpaired) electrons. The summed E-state index contributed by atoms with van der Waals surface area (Å²) in [5, 5.41) is 6.67. The van der Waals surface area contributed by atoms with Gasteiger partial charge in [-0.3, -0.25) is 4.79 Å². The lowest BCUT2D eigenvalue weighted by molar-refractivity contribution is -0.137. The summed E-state index contributed by atoms with van der Waals surface area (Å²) in [5.41, 5.74) is 4.28. The van der Waals surface area contributed by atoms with E-state index in [-0.39, 0.29) is 5.69 Å². The Kier molecular flexibility index (Phi) is 7.69. The SMILES string of the molecule is CN1CCN(c2ccc(Nc3ncc4cc(-c5ccc(C(=O)Nc6cccc(C(F)(F)F)c6)cc5)ccc4n3)cc2)CC1. The number of rotatable bonds is 6. The molecule has 10 heteroatoms. The third kappa shape index (κ3) is 6.60. The molecule has 1 amide bonds. The fourth-order valence-electron chi connectivity index (χ4n) is 5.01. The van der Waals surface area contributed by atoms with E-state index >= 15 is 0 Å². The second-order valence-corrected chi connectivity index (χ2v) is 10.5. The predicted molar refractivity (Wildman–Crippen MR) is 164 cm³/mol. The predicted octanol–water partition coefficient (Wildman–Crippen LogP) is 7.06. The number of alkyl halides is 3. The summed E-state index contributed by atoms with van der Waals surface area (Å²) < 4.78 is 39.0. The highest BCUT2D eigenvalue weighted by atomic mass is 19.4. The Morgan fingerprint density at radius 2 is 1.53 bits per heavy atom. The van der Waals surface area contributed by atoms with Crippen LogP contribution in [0, 0.1) is 0 Å². The van der Waals surface area contributed by atoms with Crippen LogP contribution in [0.5, 0.6) is 0 Å². The van der Waals surface area contributed by atoms with E-state index in [1.54, 1.807) is 30.5 Å². The molecule has 0 bridgehead atoms. The molecular formula is C33H29F3N6O. The van der Waals surface area contributed by atoms with E-state index in [2.05, 4.69) is 49.6 Å². The number of halogens is 3. The van der Waals surface area contributed by atoms with E-state index in [1.165, 1.54) is 17.8 Å². The smallest absolute Gasteiger partial charge is 0.369 e. The fraction of sp³-hybridized carbons (Fsp3) is 0.182. The lowest BCUT2D eigenvalue weighted by Gasteiger charge is -2.34. The molecule has 7 nitrogen and oxygen atoms in total. The van der Waals surface area contributed by atoms with E-state index in [0.717, 1.165) is 66.0 Å². The van der Waals surface area contributed by atoms with Crippen LogP contribution in [0.1, 0.15) is 15.9 Å². The summed E-state index contributed by atoms with van der Waals surface area (Å²) in [4.78, 5) is 26.5. The van der Waals surface area contributed by atoms with Crippen molar-refractivity contribution in [2.24, 2.45) is 0 Å². The van der Waals surface area contributed by atoms with Gasteiger partial charge in [-0.25, -0.2) is 9.97 Å². The first-order valence-electron chi connectivity index (χ1n) is 13.9. The number of aromatic nitrogens is 2. The standard InChI is InChI=1S/C33H29F3N6O/c1-41-15-17-42(18-16-41)29-12-10-27(11-13-29)39-32-37-21-25-19-24(9-14-30(25)40-32)22-5-7-23(8-6-22)31(43)38-28-4-2-3-26(20-28)33(34,35)36/h2-14,19-21H,15-18H2,1H3,(H,38,43)(H,37,39,40). The largest absolute Gasteiger partial charge is 0.416 e. The molecule has 1 aliphatic rings. The number of hydrogen-bond acceptors (Lipinski definition) is 6. The van der Waals surface area contributed by atoms with Gasteiger partial charge in [-0.1, -0.05) is 24.3 Å². The number of nitrogens with zero attached hydrogens (tertiary/aromatic N) is 4. The van der Waals surface area contributed by atoms with E-state index < -0.39 is 17.6 Å². The summed E-state index contributed by atoms with van der Waals surface area (Å²) in [5.74, 6) is 0.00974. The van der Waals surface area contributed by atoms with Crippen molar-refractivity contribution in [2.45, 2.75) is 6.18 Å². The summed E-state index contributed by atoms with van der Waals surface area (Å²) in [6.07, 6.45) is -2.72. The highest BCUT2D eigenvalue weighted by molar-refractivity contribution is 6.04. The number of fused-ring (bicyclic) bond motifs is 1. The van der Waals surface area contributed by atoms with Crippen LogP contribution in [0.4, 0.5) is 36.2 Å². The van der Waals surface area contributed by atoms with Gasteiger partial charge in [-0.15, -0.1) is 0 Å². The zero-order valence-corrected chi connectivity index (χ0v) is 23.4. The second kappa shape index (κ2) is 11.7. The Bertz CT molecular complexity index is 1750. The van der Waals surface area contributed by atoms with Crippen LogP contribution in [0.25, 0.3) is 22.0 Å². The van der Waals surface area contributed by atoms with Crippen molar-refractivity contribution in [3.63, 3.8) is 0 Å². The fourth-order valence-corrected chi connectivity index (χ4v) is 5.01. The summed E-state index contributed by atoms with van der Waals surface area (Å²) in [7, 11) is 2.14. The van der Waals surface area contributed by atoms with Crippen molar-refractivity contribution in [1.29, 1.82) is 0 Å². The van der Waals surface area contributed by atoms with Crippen molar-refractivity contribution >= 4 is 39.8 Å². The number of likely N-dealkylation sites (N-methyl/N-ethyl adjacent to an activating group) is 1. The summed E-state index contributed by atoms with van der Waals surface area (Å²) in [6, 6.07) is 25.6. The Hall–Kier alpha value is -4.96. The van der Waals surface area contributed by atoms with Gasteiger partial charge in [-0.2, -0.15) is 13.2 Å². The van der Waals surface area contributed by atoms with Crippen molar-refractivity contribution in [2.75, 3.05) is 48.8 Å². The van der Waals surface area contributed by atoms with Crippen molar-refractivity contribution in [1.82, 2.24) is 14.9 Å². The third-order valence-electron chi connectivity index (χ3n) is 7.50. The topological polar surface area (TPSA) is 73.4 Å². The number of benzene rings is 4. The average Bonchev–Trinajstić information content (AvgIpc) is 3.01. The minimum atomic E-state index is -4.48. The Morgan fingerprint density at radius 1 is 0.814 bits per heavy atom.